The van der Waals surface area contributed by atoms with Gasteiger partial charge in [-0.05, 0) is 62.7 Å². The zero-order valence-electron chi connectivity index (χ0n) is 19.2. The van der Waals surface area contributed by atoms with Crippen LogP contribution in [0.4, 0.5) is 0 Å². The van der Waals surface area contributed by atoms with E-state index < -0.39 is 5.97 Å². The Hall–Kier alpha value is -3.96. The third-order valence-electron chi connectivity index (χ3n) is 4.90. The Kier molecular flexibility index (Phi) is 8.17. The topological polar surface area (TPSA) is 98.4 Å². The van der Waals surface area contributed by atoms with Gasteiger partial charge in [0, 0.05) is 11.1 Å². The van der Waals surface area contributed by atoms with Gasteiger partial charge in [-0.15, -0.1) is 11.3 Å². The maximum Gasteiger partial charge on any atom is 0.333 e. The average molecular weight is 477 g/mol. The Morgan fingerprint density at radius 2 is 1.85 bits per heavy atom. The number of benzene rings is 2. The molecule has 0 aliphatic carbocycles. The third kappa shape index (κ3) is 5.88. The van der Waals surface area contributed by atoms with E-state index in [1.165, 1.54) is 17.6 Å². The van der Waals surface area contributed by atoms with E-state index in [-0.39, 0.29) is 24.5 Å². The standard InChI is InChI=1S/C26H24N2O5S/c1-4-32-22-11-10-20(17(3)29)13-21(22)16-28-24(14-25(30)33-5-2)34-23(26(28)31)12-18-6-8-19(15-27)9-7-18/h6-14H,4-5,16H2,1-3H3/b23-12-,24-14-. The summed E-state index contributed by atoms with van der Waals surface area (Å²) in [7, 11) is 0. The van der Waals surface area contributed by atoms with Crippen molar-refractivity contribution in [1.29, 1.82) is 5.26 Å². The van der Waals surface area contributed by atoms with Crippen LogP contribution in [0.5, 0.6) is 5.75 Å². The average Bonchev–Trinajstić information content (AvgIpc) is 3.09. The summed E-state index contributed by atoms with van der Waals surface area (Å²) in [5, 5.41) is 8.99. The first-order valence-corrected chi connectivity index (χ1v) is 11.5. The third-order valence-corrected chi connectivity index (χ3v) is 5.96. The predicted octanol–water partition coefficient (Wildman–Crippen LogP) is 2.60. The highest BCUT2D eigenvalue weighted by Gasteiger charge is 2.13. The molecule has 1 aromatic heterocycles. The number of Topliss-reactive ketones (excluding diaryl/α,β-unsaturated/α-hetero) is 1. The van der Waals surface area contributed by atoms with E-state index in [2.05, 4.69) is 6.07 Å². The molecule has 2 aromatic carbocycles. The number of nitrogens with zero attached hydrogens (tertiary/aromatic N) is 2. The summed E-state index contributed by atoms with van der Waals surface area (Å²) in [6.45, 7) is 5.77. The van der Waals surface area contributed by atoms with Crippen LogP contribution in [0.1, 0.15) is 47.8 Å². The fraction of sp³-hybridized carbons (Fsp3) is 0.231. The molecule has 8 heteroatoms. The van der Waals surface area contributed by atoms with Crippen LogP contribution in [0.15, 0.2) is 47.3 Å². The van der Waals surface area contributed by atoms with Gasteiger partial charge in [0.25, 0.3) is 5.56 Å². The smallest absolute Gasteiger partial charge is 0.333 e. The summed E-state index contributed by atoms with van der Waals surface area (Å²) in [6.07, 6.45) is 3.00. The first kappa shape index (κ1) is 24.7. The van der Waals surface area contributed by atoms with Crippen molar-refractivity contribution in [3.63, 3.8) is 0 Å². The number of nitriles is 1. The van der Waals surface area contributed by atoms with E-state index in [1.807, 2.05) is 6.92 Å². The number of rotatable bonds is 8. The molecule has 0 aliphatic heterocycles. The van der Waals surface area contributed by atoms with Gasteiger partial charge < -0.3 is 9.47 Å². The molecule has 0 N–H and O–H groups in total. The van der Waals surface area contributed by atoms with E-state index in [0.29, 0.717) is 38.2 Å². The maximum atomic E-state index is 13.4. The number of aromatic nitrogens is 1. The van der Waals surface area contributed by atoms with Gasteiger partial charge in [-0.3, -0.25) is 14.2 Å². The molecule has 3 aromatic rings. The molecular weight excluding hydrogens is 452 g/mol. The van der Waals surface area contributed by atoms with Crippen molar-refractivity contribution in [3.8, 4) is 11.8 Å². The monoisotopic (exact) mass is 476 g/mol. The van der Waals surface area contributed by atoms with Crippen LogP contribution >= 0.6 is 11.3 Å². The lowest BCUT2D eigenvalue weighted by Crippen LogP contribution is -2.32. The normalized spacial score (nSPS) is 11.8. The van der Waals surface area contributed by atoms with E-state index in [4.69, 9.17) is 14.7 Å². The summed E-state index contributed by atoms with van der Waals surface area (Å²) in [5.74, 6) is -0.0923. The minimum absolute atomic E-state index is 0.102. The van der Waals surface area contributed by atoms with Crippen molar-refractivity contribution >= 4 is 35.2 Å². The lowest BCUT2D eigenvalue weighted by molar-refractivity contribution is -0.135. The lowest BCUT2D eigenvalue weighted by Gasteiger charge is -2.12. The quantitative estimate of drug-likeness (QED) is 0.366. The Labute approximate surface area is 200 Å². The van der Waals surface area contributed by atoms with Crippen LogP contribution < -0.4 is 19.5 Å². The number of thiazole rings is 1. The molecule has 0 radical (unpaired) electrons. The van der Waals surface area contributed by atoms with Crippen molar-refractivity contribution in [3.05, 3.63) is 84.3 Å². The number of ketones is 1. The molecule has 0 spiro atoms. The molecule has 0 saturated carbocycles. The van der Waals surface area contributed by atoms with Crippen molar-refractivity contribution in [2.24, 2.45) is 0 Å². The fourth-order valence-electron chi connectivity index (χ4n) is 3.27. The van der Waals surface area contributed by atoms with E-state index >= 15 is 0 Å². The summed E-state index contributed by atoms with van der Waals surface area (Å²) < 4.78 is 13.1. The van der Waals surface area contributed by atoms with Gasteiger partial charge in [-0.2, -0.15) is 5.26 Å². The highest BCUT2D eigenvalue weighted by atomic mass is 32.1. The van der Waals surface area contributed by atoms with Gasteiger partial charge >= 0.3 is 5.97 Å². The van der Waals surface area contributed by atoms with Crippen LogP contribution in [-0.2, 0) is 16.1 Å². The molecule has 0 aliphatic rings. The van der Waals surface area contributed by atoms with Gasteiger partial charge in [-0.25, -0.2) is 4.79 Å². The first-order chi connectivity index (χ1) is 16.4. The largest absolute Gasteiger partial charge is 0.494 e. The molecule has 0 amide bonds. The molecular formula is C26H24N2O5S. The van der Waals surface area contributed by atoms with Gasteiger partial charge in [-0.1, -0.05) is 12.1 Å². The number of esters is 1. The molecule has 3 rings (SSSR count). The number of carbonyl (C=O) groups is 2. The molecule has 1 heterocycles. The van der Waals surface area contributed by atoms with Crippen LogP contribution in [0.2, 0.25) is 0 Å². The molecule has 174 valence electrons. The number of ether oxygens (including phenoxy) is 2. The second-order valence-electron chi connectivity index (χ2n) is 7.28. The van der Waals surface area contributed by atoms with Crippen LogP contribution in [0.3, 0.4) is 0 Å². The Morgan fingerprint density at radius 1 is 1.12 bits per heavy atom. The SMILES string of the molecule is CCOC(=O)/C=c1\s/c(=C\c2ccc(C#N)cc2)c(=O)n1Cc1cc(C(C)=O)ccc1OCC. The molecule has 0 bridgehead atoms. The minimum Gasteiger partial charge on any atom is -0.494 e. The Morgan fingerprint density at radius 3 is 2.47 bits per heavy atom. The number of hydrogen-bond acceptors (Lipinski definition) is 7. The van der Waals surface area contributed by atoms with Gasteiger partial charge in [0.15, 0.2) is 5.78 Å². The minimum atomic E-state index is -0.551. The highest BCUT2D eigenvalue weighted by molar-refractivity contribution is 7.07. The molecule has 0 atom stereocenters. The molecule has 0 fully saturated rings. The summed E-state index contributed by atoms with van der Waals surface area (Å²) in [5.41, 5.74) is 2.13. The predicted molar refractivity (Wildman–Crippen MR) is 130 cm³/mol. The van der Waals surface area contributed by atoms with Gasteiger partial charge in [0.05, 0.1) is 42.0 Å². The van der Waals surface area contributed by atoms with Gasteiger partial charge in [0.1, 0.15) is 10.4 Å². The molecule has 34 heavy (non-hydrogen) atoms. The Balaban J connectivity index is 2.18. The van der Waals surface area contributed by atoms with Crippen LogP contribution in [0, 0.1) is 11.3 Å². The first-order valence-electron chi connectivity index (χ1n) is 10.7. The number of hydrogen-bond donors (Lipinski definition) is 0. The highest BCUT2D eigenvalue weighted by Crippen LogP contribution is 2.21. The number of carbonyl (C=O) groups excluding carboxylic acids is 2. The van der Waals surface area contributed by atoms with Crippen molar-refractivity contribution < 1.29 is 19.1 Å². The van der Waals surface area contributed by atoms with Gasteiger partial charge in [0.2, 0.25) is 0 Å². The second kappa shape index (κ2) is 11.3. The summed E-state index contributed by atoms with van der Waals surface area (Å²) in [6, 6.07) is 14.0. The van der Waals surface area contributed by atoms with E-state index in [1.54, 1.807) is 55.5 Å². The van der Waals surface area contributed by atoms with Crippen molar-refractivity contribution in [2.75, 3.05) is 13.2 Å². The fourth-order valence-corrected chi connectivity index (χ4v) is 4.30. The molecule has 7 nitrogen and oxygen atoms in total. The lowest BCUT2D eigenvalue weighted by atomic mass is 10.1. The molecule has 0 saturated heterocycles. The zero-order chi connectivity index (χ0) is 24.7. The van der Waals surface area contributed by atoms with E-state index in [0.717, 1.165) is 16.9 Å². The zero-order valence-corrected chi connectivity index (χ0v) is 20.0. The Bertz CT molecular complexity index is 1430. The molecule has 0 unspecified atom stereocenters. The van der Waals surface area contributed by atoms with E-state index in [9.17, 15) is 14.4 Å². The maximum absolute atomic E-state index is 13.4. The van der Waals surface area contributed by atoms with Crippen molar-refractivity contribution in [2.45, 2.75) is 27.3 Å². The van der Waals surface area contributed by atoms with Crippen molar-refractivity contribution in [1.82, 2.24) is 4.57 Å². The van der Waals surface area contributed by atoms with Crippen LogP contribution in [-0.4, -0.2) is 29.5 Å². The van der Waals surface area contributed by atoms with Crippen LogP contribution in [0.25, 0.3) is 12.2 Å². The summed E-state index contributed by atoms with van der Waals surface area (Å²) in [4.78, 5) is 37.5. The summed E-state index contributed by atoms with van der Waals surface area (Å²) >= 11 is 1.16. The second-order valence-corrected chi connectivity index (χ2v) is 8.34.